The van der Waals surface area contributed by atoms with Gasteiger partial charge in [0.15, 0.2) is 0 Å². The summed E-state index contributed by atoms with van der Waals surface area (Å²) in [6, 6.07) is 8.72. The first-order valence-electron chi connectivity index (χ1n) is 7.41. The molecule has 2 rings (SSSR count). The smallest absolute Gasteiger partial charge is 0.306 e. The van der Waals surface area contributed by atoms with Gasteiger partial charge >= 0.3 is 5.97 Å². The molecule has 1 fully saturated rings. The van der Waals surface area contributed by atoms with Gasteiger partial charge in [0.05, 0.1) is 13.5 Å². The van der Waals surface area contributed by atoms with Gasteiger partial charge in [0.2, 0.25) is 0 Å². The number of carbonyl (C=O) groups is 1. The fraction of sp³-hybridized carbons (Fsp3) is 0.562. The van der Waals surface area contributed by atoms with Crippen LogP contribution in [0.3, 0.4) is 0 Å². The number of anilines is 1. The molecule has 1 saturated heterocycles. The van der Waals surface area contributed by atoms with Crippen LogP contribution in [0.4, 0.5) is 5.69 Å². The van der Waals surface area contributed by atoms with Gasteiger partial charge in [-0.2, -0.15) is 0 Å². The highest BCUT2D eigenvalue weighted by Crippen LogP contribution is 2.20. The predicted octanol–water partition coefficient (Wildman–Crippen LogP) is 2.33. The van der Waals surface area contributed by atoms with E-state index in [1.807, 2.05) is 0 Å². The van der Waals surface area contributed by atoms with Gasteiger partial charge in [-0.25, -0.2) is 0 Å². The van der Waals surface area contributed by atoms with E-state index >= 15 is 0 Å². The molecule has 0 saturated carbocycles. The fourth-order valence-electron chi connectivity index (χ4n) is 2.50. The average Bonchev–Trinajstić information content (AvgIpc) is 2.52. The first-order valence-corrected chi connectivity index (χ1v) is 7.41. The Bertz CT molecular complexity index is 411. The summed E-state index contributed by atoms with van der Waals surface area (Å²) in [5, 5.41) is 3.25. The molecule has 110 valence electrons. The highest BCUT2D eigenvalue weighted by atomic mass is 16.5. The molecule has 4 heteroatoms. The number of methoxy groups -OCH3 is 1. The average molecular weight is 276 g/mol. The van der Waals surface area contributed by atoms with Gasteiger partial charge < -0.3 is 15.0 Å². The quantitative estimate of drug-likeness (QED) is 0.639. The monoisotopic (exact) mass is 276 g/mol. The lowest BCUT2D eigenvalue weighted by molar-refractivity contribution is -0.140. The van der Waals surface area contributed by atoms with E-state index in [2.05, 4.69) is 39.2 Å². The summed E-state index contributed by atoms with van der Waals surface area (Å²) in [7, 11) is 1.42. The molecule has 1 heterocycles. The molecule has 20 heavy (non-hydrogen) atoms. The second-order valence-electron chi connectivity index (χ2n) is 5.22. The van der Waals surface area contributed by atoms with E-state index in [1.165, 1.54) is 50.7 Å². The molecule has 0 amide bonds. The van der Waals surface area contributed by atoms with Crippen molar-refractivity contribution < 1.29 is 9.53 Å². The molecule has 1 aliphatic heterocycles. The summed E-state index contributed by atoms with van der Waals surface area (Å²) in [6.45, 7) is 3.80. The number of piperidine rings is 1. The van der Waals surface area contributed by atoms with Crippen LogP contribution in [-0.2, 0) is 16.1 Å². The molecule has 1 aromatic rings. The van der Waals surface area contributed by atoms with Crippen molar-refractivity contribution in [3.05, 3.63) is 29.8 Å². The van der Waals surface area contributed by atoms with E-state index in [9.17, 15) is 4.79 Å². The fourth-order valence-corrected chi connectivity index (χ4v) is 2.50. The third-order valence-corrected chi connectivity index (χ3v) is 3.72. The Kier molecular flexibility index (Phi) is 5.87. The Morgan fingerprint density at radius 3 is 2.55 bits per heavy atom. The SMILES string of the molecule is COC(=O)CCNCc1ccc(N2CCCCC2)cc1. The Morgan fingerprint density at radius 1 is 1.20 bits per heavy atom. The van der Waals surface area contributed by atoms with E-state index < -0.39 is 0 Å². The molecule has 0 aliphatic carbocycles. The molecule has 0 bridgehead atoms. The van der Waals surface area contributed by atoms with E-state index in [1.54, 1.807) is 0 Å². The number of nitrogens with one attached hydrogen (secondary N) is 1. The first-order chi connectivity index (χ1) is 9.79. The molecule has 0 radical (unpaired) electrons. The normalized spacial score (nSPS) is 15.2. The van der Waals surface area contributed by atoms with Gasteiger partial charge in [-0.1, -0.05) is 12.1 Å². The van der Waals surface area contributed by atoms with E-state index in [-0.39, 0.29) is 5.97 Å². The number of rotatable bonds is 6. The predicted molar refractivity (Wildman–Crippen MR) is 80.8 cm³/mol. The second kappa shape index (κ2) is 7.90. The van der Waals surface area contributed by atoms with Crippen LogP contribution in [-0.4, -0.2) is 32.7 Å². The third kappa shape index (κ3) is 4.53. The zero-order valence-electron chi connectivity index (χ0n) is 12.2. The van der Waals surface area contributed by atoms with Gasteiger partial charge in [-0.15, -0.1) is 0 Å². The Hall–Kier alpha value is -1.55. The summed E-state index contributed by atoms with van der Waals surface area (Å²) in [6.07, 6.45) is 4.38. The van der Waals surface area contributed by atoms with Gasteiger partial charge in [-0.3, -0.25) is 4.79 Å². The van der Waals surface area contributed by atoms with Crippen LogP contribution in [0.2, 0.25) is 0 Å². The van der Waals surface area contributed by atoms with Crippen molar-refractivity contribution in [2.75, 3.05) is 31.6 Å². The molecule has 1 aromatic carbocycles. The summed E-state index contributed by atoms with van der Waals surface area (Å²) in [5.41, 5.74) is 2.57. The molecule has 1 aliphatic rings. The van der Waals surface area contributed by atoms with Crippen LogP contribution in [0.25, 0.3) is 0 Å². The zero-order valence-corrected chi connectivity index (χ0v) is 12.2. The largest absolute Gasteiger partial charge is 0.469 e. The molecule has 0 aromatic heterocycles. The van der Waals surface area contributed by atoms with E-state index in [0.29, 0.717) is 13.0 Å². The summed E-state index contributed by atoms with van der Waals surface area (Å²) >= 11 is 0. The molecule has 1 N–H and O–H groups in total. The van der Waals surface area contributed by atoms with Crippen molar-refractivity contribution in [1.82, 2.24) is 5.32 Å². The van der Waals surface area contributed by atoms with E-state index in [0.717, 1.165) is 6.54 Å². The number of hydrogen-bond acceptors (Lipinski definition) is 4. The van der Waals surface area contributed by atoms with Crippen LogP contribution in [0.15, 0.2) is 24.3 Å². The molecular formula is C16H24N2O2. The lowest BCUT2D eigenvalue weighted by atomic mass is 10.1. The Labute approximate surface area is 121 Å². The topological polar surface area (TPSA) is 41.6 Å². The lowest BCUT2D eigenvalue weighted by Gasteiger charge is -2.28. The van der Waals surface area contributed by atoms with Crippen molar-refractivity contribution >= 4 is 11.7 Å². The number of benzene rings is 1. The van der Waals surface area contributed by atoms with Crippen molar-refractivity contribution in [2.45, 2.75) is 32.2 Å². The molecular weight excluding hydrogens is 252 g/mol. The van der Waals surface area contributed by atoms with Crippen LogP contribution >= 0.6 is 0 Å². The van der Waals surface area contributed by atoms with Crippen molar-refractivity contribution in [2.24, 2.45) is 0 Å². The van der Waals surface area contributed by atoms with Gasteiger partial charge in [0.25, 0.3) is 0 Å². The van der Waals surface area contributed by atoms with Crippen LogP contribution < -0.4 is 10.2 Å². The third-order valence-electron chi connectivity index (χ3n) is 3.72. The molecule has 0 atom stereocenters. The van der Waals surface area contributed by atoms with Crippen molar-refractivity contribution in [3.8, 4) is 0 Å². The van der Waals surface area contributed by atoms with Crippen molar-refractivity contribution in [3.63, 3.8) is 0 Å². The minimum absolute atomic E-state index is 0.169. The van der Waals surface area contributed by atoms with Crippen LogP contribution in [0.5, 0.6) is 0 Å². The lowest BCUT2D eigenvalue weighted by Crippen LogP contribution is -2.29. The van der Waals surface area contributed by atoms with Crippen molar-refractivity contribution in [1.29, 1.82) is 0 Å². The highest BCUT2D eigenvalue weighted by molar-refractivity contribution is 5.69. The number of ether oxygens (including phenoxy) is 1. The summed E-state index contributed by atoms with van der Waals surface area (Å²) in [5.74, 6) is -0.169. The number of nitrogens with zero attached hydrogens (tertiary/aromatic N) is 1. The zero-order chi connectivity index (χ0) is 14.2. The Morgan fingerprint density at radius 2 is 1.90 bits per heavy atom. The van der Waals surface area contributed by atoms with Crippen LogP contribution in [0, 0.1) is 0 Å². The van der Waals surface area contributed by atoms with Crippen LogP contribution in [0.1, 0.15) is 31.2 Å². The van der Waals surface area contributed by atoms with Gasteiger partial charge in [-0.05, 0) is 37.0 Å². The Balaban J connectivity index is 1.75. The number of hydrogen-bond donors (Lipinski definition) is 1. The first kappa shape index (κ1) is 14.9. The minimum atomic E-state index is -0.169. The van der Waals surface area contributed by atoms with Gasteiger partial charge in [0, 0.05) is 31.9 Å². The number of carbonyl (C=O) groups excluding carboxylic acids is 1. The maximum Gasteiger partial charge on any atom is 0.306 e. The molecule has 4 nitrogen and oxygen atoms in total. The van der Waals surface area contributed by atoms with E-state index in [4.69, 9.17) is 0 Å². The maximum atomic E-state index is 11.0. The summed E-state index contributed by atoms with van der Waals surface area (Å²) < 4.78 is 4.60. The standard InChI is InChI=1S/C16H24N2O2/c1-20-16(19)9-10-17-13-14-5-7-15(8-6-14)18-11-3-2-4-12-18/h5-8,17H,2-4,9-13H2,1H3. The highest BCUT2D eigenvalue weighted by Gasteiger charge is 2.10. The summed E-state index contributed by atoms with van der Waals surface area (Å²) in [4.78, 5) is 13.4. The molecule has 0 unspecified atom stereocenters. The van der Waals surface area contributed by atoms with Gasteiger partial charge in [0.1, 0.15) is 0 Å². The second-order valence-corrected chi connectivity index (χ2v) is 5.22. The number of esters is 1. The minimum Gasteiger partial charge on any atom is -0.469 e. The molecule has 0 spiro atoms. The maximum absolute atomic E-state index is 11.0.